The van der Waals surface area contributed by atoms with Gasteiger partial charge in [-0.05, 0) is 32.0 Å². The number of hydrogen-bond donors (Lipinski definition) is 0. The number of carbonyl (C=O) groups excluding carboxylic acids is 1. The molecule has 3 rings (SSSR count). The second-order valence-electron chi connectivity index (χ2n) is 5.04. The third kappa shape index (κ3) is 2.39. The molecule has 1 aliphatic heterocycles. The molecule has 1 aliphatic rings. The molecule has 0 fully saturated rings. The molecule has 2 heterocycles. The second kappa shape index (κ2) is 5.00. The maximum absolute atomic E-state index is 11.4. The predicted molar refractivity (Wildman–Crippen MR) is 73.2 cm³/mol. The van der Waals surface area contributed by atoms with Crippen molar-refractivity contribution in [2.75, 3.05) is 6.61 Å². The van der Waals surface area contributed by atoms with Gasteiger partial charge in [-0.15, -0.1) is 0 Å². The summed E-state index contributed by atoms with van der Waals surface area (Å²) >= 11 is 0. The summed E-state index contributed by atoms with van der Waals surface area (Å²) < 4.78 is 12.9. The zero-order chi connectivity index (χ0) is 14.1. The lowest BCUT2D eigenvalue weighted by Crippen LogP contribution is -2.03. The SMILES string of the molecule is CC(C)n1ccc(COc2ccc3c(c2)OCC3=O)n1. The smallest absolute Gasteiger partial charge is 0.203 e. The minimum absolute atomic E-state index is 0.0160. The Bertz CT molecular complexity index is 646. The van der Waals surface area contributed by atoms with Gasteiger partial charge in [-0.25, -0.2) is 0 Å². The van der Waals surface area contributed by atoms with Gasteiger partial charge in [-0.3, -0.25) is 9.48 Å². The number of benzene rings is 1. The highest BCUT2D eigenvalue weighted by Gasteiger charge is 2.21. The fourth-order valence-electron chi connectivity index (χ4n) is 2.06. The van der Waals surface area contributed by atoms with Gasteiger partial charge in [0.25, 0.3) is 0 Å². The van der Waals surface area contributed by atoms with Crippen LogP contribution in [0.4, 0.5) is 0 Å². The molecule has 2 aromatic rings. The summed E-state index contributed by atoms with van der Waals surface area (Å²) in [5.41, 5.74) is 1.50. The zero-order valence-corrected chi connectivity index (χ0v) is 11.5. The molecule has 1 aromatic carbocycles. The van der Waals surface area contributed by atoms with E-state index in [1.165, 1.54) is 0 Å². The summed E-state index contributed by atoms with van der Waals surface area (Å²) in [7, 11) is 0. The topological polar surface area (TPSA) is 53.4 Å². The molecule has 0 spiro atoms. The molecule has 5 heteroatoms. The Hall–Kier alpha value is -2.30. The predicted octanol–water partition coefficient (Wildman–Crippen LogP) is 2.62. The Morgan fingerprint density at radius 2 is 2.25 bits per heavy atom. The Morgan fingerprint density at radius 3 is 3.00 bits per heavy atom. The van der Waals surface area contributed by atoms with Crippen LogP contribution in [0, 0.1) is 0 Å². The Morgan fingerprint density at radius 1 is 1.40 bits per heavy atom. The van der Waals surface area contributed by atoms with Gasteiger partial charge in [0.1, 0.15) is 18.1 Å². The molecule has 1 aromatic heterocycles. The average Bonchev–Trinajstić information content (AvgIpc) is 3.04. The summed E-state index contributed by atoms with van der Waals surface area (Å²) in [4.78, 5) is 11.4. The molecule has 5 nitrogen and oxygen atoms in total. The summed E-state index contributed by atoms with van der Waals surface area (Å²) in [6.07, 6.45) is 1.94. The van der Waals surface area contributed by atoms with Crippen LogP contribution in [0.1, 0.15) is 35.9 Å². The molecule has 0 atom stereocenters. The second-order valence-corrected chi connectivity index (χ2v) is 5.04. The van der Waals surface area contributed by atoms with Gasteiger partial charge in [-0.1, -0.05) is 0 Å². The van der Waals surface area contributed by atoms with Crippen molar-refractivity contribution < 1.29 is 14.3 Å². The number of ether oxygens (including phenoxy) is 2. The van der Waals surface area contributed by atoms with Gasteiger partial charge in [0, 0.05) is 18.3 Å². The quantitative estimate of drug-likeness (QED) is 0.858. The number of aromatic nitrogens is 2. The third-order valence-electron chi connectivity index (χ3n) is 3.19. The fraction of sp³-hybridized carbons (Fsp3) is 0.333. The monoisotopic (exact) mass is 272 g/mol. The number of nitrogens with zero attached hydrogens (tertiary/aromatic N) is 2. The highest BCUT2D eigenvalue weighted by Crippen LogP contribution is 2.29. The first-order valence-electron chi connectivity index (χ1n) is 6.60. The molecule has 0 radical (unpaired) electrons. The Labute approximate surface area is 117 Å². The van der Waals surface area contributed by atoms with Crippen LogP contribution in [0.2, 0.25) is 0 Å². The summed E-state index contributed by atoms with van der Waals surface area (Å²) in [5.74, 6) is 1.29. The first-order valence-corrected chi connectivity index (χ1v) is 6.60. The van der Waals surface area contributed by atoms with Gasteiger partial charge in [0.15, 0.2) is 6.61 Å². The van der Waals surface area contributed by atoms with Gasteiger partial charge < -0.3 is 9.47 Å². The number of ketones is 1. The van der Waals surface area contributed by atoms with Crippen LogP contribution in [-0.4, -0.2) is 22.2 Å². The van der Waals surface area contributed by atoms with Gasteiger partial charge >= 0.3 is 0 Å². The number of rotatable bonds is 4. The summed E-state index contributed by atoms with van der Waals surface area (Å²) in [6, 6.07) is 7.55. The van der Waals surface area contributed by atoms with Gasteiger partial charge in [0.05, 0.1) is 11.3 Å². The van der Waals surface area contributed by atoms with Crippen LogP contribution < -0.4 is 9.47 Å². The summed E-state index contributed by atoms with van der Waals surface area (Å²) in [6.45, 7) is 4.67. The van der Waals surface area contributed by atoms with Crippen molar-refractivity contribution in [3.63, 3.8) is 0 Å². The van der Waals surface area contributed by atoms with E-state index in [1.54, 1.807) is 18.2 Å². The Kier molecular flexibility index (Phi) is 3.18. The first-order chi connectivity index (χ1) is 9.63. The molecule has 0 bridgehead atoms. The molecule has 0 saturated carbocycles. The standard InChI is InChI=1S/C15H16N2O3/c1-10(2)17-6-5-11(16-17)8-19-12-3-4-13-14(18)9-20-15(13)7-12/h3-7,10H,8-9H2,1-2H3. The molecule has 0 saturated heterocycles. The lowest BCUT2D eigenvalue weighted by molar-refractivity contribution is 0.0961. The molecular formula is C15H16N2O3. The van der Waals surface area contributed by atoms with Crippen LogP contribution in [0.3, 0.4) is 0 Å². The van der Waals surface area contributed by atoms with E-state index in [0.717, 1.165) is 5.69 Å². The Balaban J connectivity index is 1.68. The summed E-state index contributed by atoms with van der Waals surface area (Å²) in [5, 5.41) is 4.42. The lowest BCUT2D eigenvalue weighted by Gasteiger charge is -2.06. The van der Waals surface area contributed by atoms with Gasteiger partial charge in [-0.2, -0.15) is 5.10 Å². The van der Waals surface area contributed by atoms with Crippen molar-refractivity contribution in [2.45, 2.75) is 26.5 Å². The molecule has 0 amide bonds. The molecule has 0 unspecified atom stereocenters. The van der Waals surface area contributed by atoms with E-state index in [0.29, 0.717) is 29.7 Å². The van der Waals surface area contributed by atoms with Gasteiger partial charge in [0.2, 0.25) is 5.78 Å². The lowest BCUT2D eigenvalue weighted by atomic mass is 10.1. The van der Waals surface area contributed by atoms with Crippen molar-refractivity contribution in [2.24, 2.45) is 0 Å². The fourth-order valence-corrected chi connectivity index (χ4v) is 2.06. The van der Waals surface area contributed by atoms with Crippen molar-refractivity contribution in [3.8, 4) is 11.5 Å². The van der Waals surface area contributed by atoms with E-state index in [4.69, 9.17) is 9.47 Å². The zero-order valence-electron chi connectivity index (χ0n) is 11.5. The van der Waals surface area contributed by atoms with E-state index in [-0.39, 0.29) is 12.4 Å². The van der Waals surface area contributed by atoms with Crippen LogP contribution in [0.5, 0.6) is 11.5 Å². The van der Waals surface area contributed by atoms with Crippen LogP contribution in [0.25, 0.3) is 0 Å². The van der Waals surface area contributed by atoms with Crippen molar-refractivity contribution >= 4 is 5.78 Å². The number of fused-ring (bicyclic) bond motifs is 1. The maximum Gasteiger partial charge on any atom is 0.203 e. The minimum atomic E-state index is 0.0160. The van der Waals surface area contributed by atoms with Crippen LogP contribution in [-0.2, 0) is 6.61 Å². The van der Waals surface area contributed by atoms with E-state index in [2.05, 4.69) is 18.9 Å². The molecular weight excluding hydrogens is 256 g/mol. The van der Waals surface area contributed by atoms with E-state index < -0.39 is 0 Å². The number of Topliss-reactive ketones (excluding diaryl/α,β-unsaturated/α-hetero) is 1. The highest BCUT2D eigenvalue weighted by atomic mass is 16.5. The van der Waals surface area contributed by atoms with E-state index in [9.17, 15) is 4.79 Å². The van der Waals surface area contributed by atoms with Crippen LogP contribution >= 0.6 is 0 Å². The van der Waals surface area contributed by atoms with E-state index >= 15 is 0 Å². The molecule has 0 N–H and O–H groups in total. The van der Waals surface area contributed by atoms with Crippen LogP contribution in [0.15, 0.2) is 30.5 Å². The largest absolute Gasteiger partial charge is 0.487 e. The average molecular weight is 272 g/mol. The third-order valence-corrected chi connectivity index (χ3v) is 3.19. The maximum atomic E-state index is 11.4. The van der Waals surface area contributed by atoms with Crippen molar-refractivity contribution in [1.29, 1.82) is 0 Å². The normalized spacial score (nSPS) is 13.4. The van der Waals surface area contributed by atoms with E-state index in [1.807, 2.05) is 16.9 Å². The highest BCUT2D eigenvalue weighted by molar-refractivity contribution is 6.02. The van der Waals surface area contributed by atoms with Crippen molar-refractivity contribution in [1.82, 2.24) is 9.78 Å². The molecule has 0 aliphatic carbocycles. The first kappa shape index (κ1) is 12.7. The number of carbonyl (C=O) groups is 1. The molecule has 20 heavy (non-hydrogen) atoms. The molecule has 104 valence electrons. The van der Waals surface area contributed by atoms with Crippen molar-refractivity contribution in [3.05, 3.63) is 41.7 Å². The number of hydrogen-bond acceptors (Lipinski definition) is 4. The minimum Gasteiger partial charge on any atom is -0.487 e.